The number of hydrogen-bond acceptors (Lipinski definition) is 6. The Balaban J connectivity index is 1.46. The van der Waals surface area contributed by atoms with Crippen molar-refractivity contribution in [2.45, 2.75) is 52.5 Å². The summed E-state index contributed by atoms with van der Waals surface area (Å²) in [5.41, 5.74) is 4.12. The van der Waals surface area contributed by atoms with Gasteiger partial charge in [-0.1, -0.05) is 6.92 Å². The minimum absolute atomic E-state index is 0.0224. The minimum atomic E-state index is -0.317. The predicted octanol–water partition coefficient (Wildman–Crippen LogP) is 1.86. The first-order valence-electron chi connectivity index (χ1n) is 10.8. The highest BCUT2D eigenvalue weighted by atomic mass is 16.5. The molecule has 8 nitrogen and oxygen atoms in total. The summed E-state index contributed by atoms with van der Waals surface area (Å²) in [7, 11) is 0. The van der Waals surface area contributed by atoms with Crippen molar-refractivity contribution in [2.75, 3.05) is 32.9 Å². The van der Waals surface area contributed by atoms with Gasteiger partial charge in [0.2, 0.25) is 0 Å². The number of nitrogens with one attached hydrogen (secondary N) is 1. The monoisotopic (exact) mass is 414 g/mol. The van der Waals surface area contributed by atoms with Gasteiger partial charge in [0, 0.05) is 38.9 Å². The first-order chi connectivity index (χ1) is 14.5. The molecular formula is C22H30N4O4. The molecule has 1 aromatic heterocycles. The second kappa shape index (κ2) is 8.71. The first-order valence-corrected chi connectivity index (χ1v) is 10.8. The summed E-state index contributed by atoms with van der Waals surface area (Å²) in [4.78, 5) is 29.1. The van der Waals surface area contributed by atoms with Crippen molar-refractivity contribution in [3.05, 3.63) is 28.1 Å². The summed E-state index contributed by atoms with van der Waals surface area (Å²) < 4.78 is 13.0. The van der Waals surface area contributed by atoms with Crippen LogP contribution in [0.15, 0.2) is 16.1 Å². The van der Waals surface area contributed by atoms with Crippen LogP contribution in [0.4, 0.5) is 0 Å². The lowest BCUT2D eigenvalue weighted by atomic mass is 9.76. The molecule has 0 unspecified atom stereocenters. The number of amides is 1. The zero-order chi connectivity index (χ0) is 21.1. The molecule has 1 spiro atoms. The van der Waals surface area contributed by atoms with Gasteiger partial charge in [-0.3, -0.25) is 14.5 Å². The number of ether oxygens (including phenoxy) is 2. The third kappa shape index (κ3) is 4.05. The number of rotatable bonds is 6. The van der Waals surface area contributed by atoms with E-state index in [4.69, 9.17) is 14.6 Å². The zero-order valence-electron chi connectivity index (χ0n) is 17.8. The first kappa shape index (κ1) is 20.8. The Morgan fingerprint density at radius 1 is 1.37 bits per heavy atom. The van der Waals surface area contributed by atoms with Gasteiger partial charge in [0.05, 0.1) is 35.7 Å². The van der Waals surface area contributed by atoms with E-state index in [2.05, 4.69) is 10.3 Å². The molecule has 0 atom stereocenters. The summed E-state index contributed by atoms with van der Waals surface area (Å²) in [6.45, 7) is 7.55. The van der Waals surface area contributed by atoms with Crippen LogP contribution in [0.5, 0.6) is 0 Å². The smallest absolute Gasteiger partial charge is 0.339 e. The Morgan fingerprint density at radius 3 is 2.87 bits per heavy atom. The maximum Gasteiger partial charge on any atom is 0.339 e. The van der Waals surface area contributed by atoms with Crippen molar-refractivity contribution in [3.63, 3.8) is 0 Å². The number of aromatic nitrogens is 2. The Bertz CT molecular complexity index is 893. The van der Waals surface area contributed by atoms with Gasteiger partial charge in [-0.2, -0.15) is 5.10 Å². The van der Waals surface area contributed by atoms with Crippen LogP contribution in [0.2, 0.25) is 0 Å². The van der Waals surface area contributed by atoms with Gasteiger partial charge in [-0.15, -0.1) is 0 Å². The predicted molar refractivity (Wildman–Crippen MR) is 112 cm³/mol. The second-order valence-corrected chi connectivity index (χ2v) is 8.47. The largest absolute Gasteiger partial charge is 0.462 e. The Kier molecular flexibility index (Phi) is 6.04. The number of aliphatic imine (C=N–C) groups is 1. The fraction of sp³-hybridized carbons (Fsp3) is 0.636. The molecule has 0 aliphatic carbocycles. The molecular weight excluding hydrogens is 384 g/mol. The van der Waals surface area contributed by atoms with E-state index in [0.29, 0.717) is 44.7 Å². The molecule has 0 bridgehead atoms. The molecule has 1 saturated heterocycles. The molecule has 3 aliphatic rings. The third-order valence-corrected chi connectivity index (χ3v) is 6.39. The highest BCUT2D eigenvalue weighted by Gasteiger charge is 2.39. The summed E-state index contributed by atoms with van der Waals surface area (Å²) in [6.07, 6.45) is 5.63. The Morgan fingerprint density at radius 2 is 2.17 bits per heavy atom. The average Bonchev–Trinajstić information content (AvgIpc) is 3.29. The number of hydrogen-bond donors (Lipinski definition) is 1. The lowest BCUT2D eigenvalue weighted by Crippen LogP contribution is -2.40. The summed E-state index contributed by atoms with van der Waals surface area (Å²) in [5.74, 6) is -0.339. The van der Waals surface area contributed by atoms with Crippen LogP contribution in [0.3, 0.4) is 0 Å². The maximum absolute atomic E-state index is 12.8. The highest BCUT2D eigenvalue weighted by molar-refractivity contribution is 6.11. The van der Waals surface area contributed by atoms with Crippen LogP contribution in [0.25, 0.3) is 0 Å². The Labute approximate surface area is 176 Å². The van der Waals surface area contributed by atoms with Gasteiger partial charge >= 0.3 is 5.97 Å². The summed E-state index contributed by atoms with van der Waals surface area (Å²) in [6, 6.07) is 0. The van der Waals surface area contributed by atoms with Crippen LogP contribution in [0.1, 0.15) is 54.9 Å². The molecule has 0 aromatic carbocycles. The van der Waals surface area contributed by atoms with Gasteiger partial charge in [-0.05, 0) is 43.6 Å². The van der Waals surface area contributed by atoms with Gasteiger partial charge in [0.15, 0.2) is 0 Å². The molecule has 1 amide bonds. The molecule has 8 heteroatoms. The van der Waals surface area contributed by atoms with Gasteiger partial charge in [0.25, 0.3) is 5.91 Å². The number of aryl methyl sites for hydroxylation is 2. The van der Waals surface area contributed by atoms with Crippen LogP contribution >= 0.6 is 0 Å². The molecule has 1 aromatic rings. The van der Waals surface area contributed by atoms with E-state index in [1.54, 1.807) is 6.21 Å². The van der Waals surface area contributed by atoms with Crippen molar-refractivity contribution in [1.29, 1.82) is 0 Å². The molecule has 30 heavy (non-hydrogen) atoms. The number of carbonyl (C=O) groups is 2. The van der Waals surface area contributed by atoms with Crippen molar-refractivity contribution < 1.29 is 19.1 Å². The Hall–Kier alpha value is -2.48. The highest BCUT2D eigenvalue weighted by Crippen LogP contribution is 2.37. The van der Waals surface area contributed by atoms with E-state index in [1.807, 2.05) is 18.5 Å². The van der Waals surface area contributed by atoms with E-state index in [1.165, 1.54) is 0 Å². The lowest BCUT2D eigenvalue weighted by molar-refractivity contribution is -0.138. The second-order valence-electron chi connectivity index (χ2n) is 8.47. The zero-order valence-corrected chi connectivity index (χ0v) is 17.8. The van der Waals surface area contributed by atoms with Crippen LogP contribution in [-0.2, 0) is 33.7 Å². The number of carbonyl (C=O) groups excluding carboxylic acids is 2. The van der Waals surface area contributed by atoms with Crippen LogP contribution in [0, 0.1) is 5.41 Å². The van der Waals surface area contributed by atoms with Gasteiger partial charge in [0.1, 0.15) is 0 Å². The van der Waals surface area contributed by atoms with E-state index in [-0.39, 0.29) is 17.3 Å². The van der Waals surface area contributed by atoms with Crippen LogP contribution in [-0.4, -0.2) is 60.8 Å². The minimum Gasteiger partial charge on any atom is -0.462 e. The molecule has 0 saturated carbocycles. The molecule has 162 valence electrons. The van der Waals surface area contributed by atoms with Crippen molar-refractivity contribution in [1.82, 2.24) is 15.1 Å². The number of esters is 1. The van der Waals surface area contributed by atoms with Crippen molar-refractivity contribution in [2.24, 2.45) is 10.4 Å². The maximum atomic E-state index is 12.8. The average molecular weight is 415 g/mol. The number of nitrogens with zero attached hydrogens (tertiary/aromatic N) is 3. The molecule has 3 aliphatic heterocycles. The molecule has 0 radical (unpaired) electrons. The van der Waals surface area contributed by atoms with Crippen LogP contribution < -0.4 is 5.32 Å². The van der Waals surface area contributed by atoms with Crippen molar-refractivity contribution in [3.8, 4) is 0 Å². The topological polar surface area (TPSA) is 94.8 Å². The lowest BCUT2D eigenvalue weighted by Gasteiger charge is -2.36. The van der Waals surface area contributed by atoms with E-state index >= 15 is 0 Å². The molecule has 4 heterocycles. The number of fused-ring (bicyclic) bond motifs is 1. The van der Waals surface area contributed by atoms with Crippen molar-refractivity contribution >= 4 is 18.1 Å². The quantitative estimate of drug-likeness (QED) is 0.566. The fourth-order valence-electron chi connectivity index (χ4n) is 4.51. The van der Waals surface area contributed by atoms with E-state index in [9.17, 15) is 9.59 Å². The third-order valence-electron chi connectivity index (χ3n) is 6.39. The van der Waals surface area contributed by atoms with Gasteiger partial charge < -0.3 is 14.8 Å². The van der Waals surface area contributed by atoms with E-state index in [0.717, 1.165) is 55.0 Å². The normalized spacial score (nSPS) is 20.3. The molecule has 1 N–H and O–H groups in total. The molecule has 4 rings (SSSR count). The summed E-state index contributed by atoms with van der Waals surface area (Å²) in [5, 5.41) is 7.87. The molecule has 1 fully saturated rings. The van der Waals surface area contributed by atoms with E-state index < -0.39 is 0 Å². The summed E-state index contributed by atoms with van der Waals surface area (Å²) >= 11 is 0. The fourth-order valence-corrected chi connectivity index (χ4v) is 4.51. The SMILES string of the molecule is CCc1nn(CCCOC(=O)C2=C(C)CN=C2)c2c1C(=O)NCC1(CCOCC1)C2. The standard InChI is InChI=1S/C22H30N4O4/c1-3-17-19-18(11-22(14-24-20(19)27)5-9-29-10-6-22)26(25-17)7-4-8-30-21(28)16-13-23-12-15(16)2/h13H,3-12,14H2,1-2H3,(H,24,27). The van der Waals surface area contributed by atoms with Gasteiger partial charge in [-0.25, -0.2) is 4.79 Å².